The predicted octanol–water partition coefficient (Wildman–Crippen LogP) is 4.73. The summed E-state index contributed by atoms with van der Waals surface area (Å²) >= 11 is 9.40. The van der Waals surface area contributed by atoms with E-state index in [1.807, 2.05) is 0 Å². The number of rotatable bonds is 2. The Labute approximate surface area is 132 Å². The van der Waals surface area contributed by atoms with E-state index in [0.29, 0.717) is 16.2 Å². The van der Waals surface area contributed by atoms with Gasteiger partial charge in [0.05, 0.1) is 29.5 Å². The van der Waals surface area contributed by atoms with Crippen LogP contribution in [-0.4, -0.2) is 16.9 Å². The van der Waals surface area contributed by atoms with Crippen LogP contribution in [0, 0.1) is 11.6 Å². The van der Waals surface area contributed by atoms with Crippen LogP contribution < -0.4 is 4.74 Å². The second kappa shape index (κ2) is 5.27. The molecule has 0 fully saturated rings. The van der Waals surface area contributed by atoms with Gasteiger partial charge in [-0.05, 0) is 28.1 Å². The van der Waals surface area contributed by atoms with Gasteiger partial charge in [-0.15, -0.1) is 0 Å². The molecule has 1 heterocycles. The number of aromatic nitrogens is 2. The summed E-state index contributed by atoms with van der Waals surface area (Å²) in [7, 11) is 1.27. The lowest BCUT2D eigenvalue weighted by Gasteiger charge is -2.08. The fraction of sp³-hybridized carbons (Fsp3) is 0.0714. The first-order valence-electron chi connectivity index (χ1n) is 5.87. The van der Waals surface area contributed by atoms with Gasteiger partial charge in [-0.25, -0.2) is 9.07 Å². The Morgan fingerprint density at radius 2 is 2.00 bits per heavy atom. The number of benzene rings is 2. The zero-order valence-electron chi connectivity index (χ0n) is 10.7. The van der Waals surface area contributed by atoms with Crippen LogP contribution in [0.5, 0.6) is 5.75 Å². The Balaban J connectivity index is 2.26. The molecule has 0 atom stereocenters. The van der Waals surface area contributed by atoms with Gasteiger partial charge in [0.25, 0.3) is 0 Å². The Kier molecular flexibility index (Phi) is 3.59. The van der Waals surface area contributed by atoms with E-state index >= 15 is 0 Å². The van der Waals surface area contributed by atoms with E-state index in [-0.39, 0.29) is 5.75 Å². The zero-order chi connectivity index (χ0) is 15.1. The molecule has 3 aromatic rings. The highest BCUT2D eigenvalue weighted by Gasteiger charge is 2.15. The smallest absolute Gasteiger partial charge is 0.200 e. The van der Waals surface area contributed by atoms with E-state index in [2.05, 4.69) is 21.0 Å². The van der Waals surface area contributed by atoms with Gasteiger partial charge in [0, 0.05) is 22.0 Å². The average molecular weight is 374 g/mol. The normalized spacial score (nSPS) is 11.1. The lowest BCUT2D eigenvalue weighted by molar-refractivity contribution is 0.371. The lowest BCUT2D eigenvalue weighted by atomic mass is 10.2. The van der Waals surface area contributed by atoms with E-state index in [4.69, 9.17) is 16.3 Å². The molecule has 0 radical (unpaired) electrons. The summed E-state index contributed by atoms with van der Waals surface area (Å²) in [6, 6.07) is 5.93. The number of fused-ring (bicyclic) bond motifs is 1. The Morgan fingerprint density at radius 3 is 2.71 bits per heavy atom. The van der Waals surface area contributed by atoms with Crippen molar-refractivity contribution < 1.29 is 13.5 Å². The van der Waals surface area contributed by atoms with Crippen molar-refractivity contribution in [1.29, 1.82) is 0 Å². The molecule has 3 nitrogen and oxygen atoms in total. The maximum Gasteiger partial charge on any atom is 0.200 e. The van der Waals surface area contributed by atoms with Crippen molar-refractivity contribution in [3.05, 3.63) is 51.6 Å². The topological polar surface area (TPSA) is 27.1 Å². The van der Waals surface area contributed by atoms with Crippen molar-refractivity contribution in [3.8, 4) is 11.4 Å². The van der Waals surface area contributed by atoms with Gasteiger partial charge in [-0.2, -0.15) is 9.49 Å². The second-order valence-corrected chi connectivity index (χ2v) is 5.59. The molecule has 2 aromatic carbocycles. The first kappa shape index (κ1) is 14.3. The van der Waals surface area contributed by atoms with Gasteiger partial charge in [0.2, 0.25) is 5.82 Å². The summed E-state index contributed by atoms with van der Waals surface area (Å²) in [6.07, 6.45) is 1.62. The van der Waals surface area contributed by atoms with E-state index in [9.17, 15) is 8.78 Å². The number of ether oxygens (including phenoxy) is 1. The summed E-state index contributed by atoms with van der Waals surface area (Å²) in [5.41, 5.74) is 1.02. The third kappa shape index (κ3) is 2.38. The molecule has 0 amide bonds. The van der Waals surface area contributed by atoms with Crippen molar-refractivity contribution in [2.45, 2.75) is 0 Å². The molecule has 0 bridgehead atoms. The summed E-state index contributed by atoms with van der Waals surface area (Å²) < 4.78 is 34.2. The molecule has 0 saturated heterocycles. The first-order valence-corrected chi connectivity index (χ1v) is 7.04. The van der Waals surface area contributed by atoms with Gasteiger partial charge in [-0.1, -0.05) is 11.6 Å². The van der Waals surface area contributed by atoms with E-state index in [0.717, 1.165) is 15.9 Å². The molecule has 0 aliphatic carbocycles. The van der Waals surface area contributed by atoms with E-state index in [1.54, 1.807) is 18.3 Å². The zero-order valence-corrected chi connectivity index (χ0v) is 13.0. The maximum absolute atomic E-state index is 13.6. The molecule has 0 N–H and O–H groups in total. The van der Waals surface area contributed by atoms with E-state index < -0.39 is 11.6 Å². The Bertz CT molecular complexity index is 851. The minimum Gasteiger partial charge on any atom is -0.493 e. The highest BCUT2D eigenvalue weighted by Crippen LogP contribution is 2.31. The predicted molar refractivity (Wildman–Crippen MR) is 80.2 cm³/mol. The standard InChI is InChI=1S/C14H8BrClF2N2O/c1-21-13-4-8(3-11(17)14(13)18)20-12-5-10(16)9(15)2-7(12)6-19-20/h2-6H,1H3. The van der Waals surface area contributed by atoms with Gasteiger partial charge in [0.1, 0.15) is 0 Å². The highest BCUT2D eigenvalue weighted by molar-refractivity contribution is 9.10. The SMILES string of the molecule is COc1cc(-n2ncc3cc(Br)c(Cl)cc32)cc(F)c1F. The molecule has 0 saturated carbocycles. The molecule has 0 unspecified atom stereocenters. The summed E-state index contributed by atoms with van der Waals surface area (Å²) in [5.74, 6) is -2.22. The van der Waals surface area contributed by atoms with Crippen LogP contribution in [-0.2, 0) is 0 Å². The van der Waals surface area contributed by atoms with Crippen LogP contribution in [0.1, 0.15) is 0 Å². The van der Waals surface area contributed by atoms with Gasteiger partial charge in [-0.3, -0.25) is 0 Å². The van der Waals surface area contributed by atoms with Crippen LogP contribution in [0.25, 0.3) is 16.6 Å². The third-order valence-electron chi connectivity index (χ3n) is 3.05. The maximum atomic E-state index is 13.6. The van der Waals surface area contributed by atoms with Crippen molar-refractivity contribution in [2.75, 3.05) is 7.11 Å². The fourth-order valence-electron chi connectivity index (χ4n) is 2.05. The van der Waals surface area contributed by atoms with Crippen LogP contribution >= 0.6 is 27.5 Å². The molecular formula is C14H8BrClF2N2O. The number of nitrogens with zero attached hydrogens (tertiary/aromatic N) is 2. The van der Waals surface area contributed by atoms with Crippen molar-refractivity contribution in [3.63, 3.8) is 0 Å². The summed E-state index contributed by atoms with van der Waals surface area (Å²) in [5, 5.41) is 5.50. The number of methoxy groups -OCH3 is 1. The van der Waals surface area contributed by atoms with E-state index in [1.165, 1.54) is 17.9 Å². The summed E-state index contributed by atoms with van der Waals surface area (Å²) in [4.78, 5) is 0. The monoisotopic (exact) mass is 372 g/mol. The fourth-order valence-corrected chi connectivity index (χ4v) is 2.57. The molecule has 21 heavy (non-hydrogen) atoms. The molecular weight excluding hydrogens is 366 g/mol. The first-order chi connectivity index (χ1) is 10.0. The molecule has 7 heteroatoms. The third-order valence-corrected chi connectivity index (χ3v) is 4.25. The van der Waals surface area contributed by atoms with Gasteiger partial charge < -0.3 is 4.74 Å². The lowest BCUT2D eigenvalue weighted by Crippen LogP contribution is -2.00. The highest BCUT2D eigenvalue weighted by atomic mass is 79.9. The van der Waals surface area contributed by atoms with Crippen molar-refractivity contribution >= 4 is 38.4 Å². The minimum absolute atomic E-state index is 0.183. The minimum atomic E-state index is -1.03. The molecule has 0 spiro atoms. The molecule has 0 aliphatic heterocycles. The number of hydrogen-bond acceptors (Lipinski definition) is 2. The molecule has 3 rings (SSSR count). The Morgan fingerprint density at radius 1 is 1.24 bits per heavy atom. The van der Waals surface area contributed by atoms with Crippen molar-refractivity contribution in [2.24, 2.45) is 0 Å². The van der Waals surface area contributed by atoms with Gasteiger partial charge >= 0.3 is 0 Å². The molecule has 108 valence electrons. The second-order valence-electron chi connectivity index (χ2n) is 4.33. The van der Waals surface area contributed by atoms with Crippen LogP contribution in [0.4, 0.5) is 8.78 Å². The molecule has 0 aliphatic rings. The molecule has 1 aromatic heterocycles. The largest absolute Gasteiger partial charge is 0.493 e. The quantitative estimate of drug-likeness (QED) is 0.649. The van der Waals surface area contributed by atoms with Crippen LogP contribution in [0.2, 0.25) is 5.02 Å². The van der Waals surface area contributed by atoms with Gasteiger partial charge in [0.15, 0.2) is 11.6 Å². The van der Waals surface area contributed by atoms with Crippen LogP contribution in [0.15, 0.2) is 34.9 Å². The van der Waals surface area contributed by atoms with Crippen LogP contribution in [0.3, 0.4) is 0 Å². The number of hydrogen-bond donors (Lipinski definition) is 0. The summed E-state index contributed by atoms with van der Waals surface area (Å²) in [6.45, 7) is 0. The van der Waals surface area contributed by atoms with Crippen molar-refractivity contribution in [1.82, 2.24) is 9.78 Å². The Hall–Kier alpha value is -1.66. The number of halogens is 4. The average Bonchev–Trinajstić information content (AvgIpc) is 2.85.